The molecule has 2 N–H and O–H groups in total. The maximum Gasteiger partial charge on any atom is 0.0547 e. The van der Waals surface area contributed by atoms with E-state index in [1.807, 2.05) is 0 Å². The van der Waals surface area contributed by atoms with Crippen molar-refractivity contribution < 1.29 is 10.2 Å². The van der Waals surface area contributed by atoms with Gasteiger partial charge in [0.15, 0.2) is 0 Å². The van der Waals surface area contributed by atoms with E-state index in [1.54, 1.807) is 0 Å². The lowest BCUT2D eigenvalue weighted by Gasteiger charge is -2.35. The predicted octanol–water partition coefficient (Wildman–Crippen LogP) is 4.32. The molecule has 2 rings (SSSR count). The summed E-state index contributed by atoms with van der Waals surface area (Å²) in [5, 5.41) is 0. The zero-order valence-corrected chi connectivity index (χ0v) is 13.9. The van der Waals surface area contributed by atoms with E-state index in [-0.39, 0.29) is 5.48 Å². The maximum atomic E-state index is 5.39. The first-order chi connectivity index (χ1) is 8.40. The molecule has 0 radical (unpaired) electrons. The van der Waals surface area contributed by atoms with Crippen molar-refractivity contribution in [3.05, 3.63) is 0 Å². The summed E-state index contributed by atoms with van der Waals surface area (Å²) in [5.74, 6) is 4.64. The summed E-state index contributed by atoms with van der Waals surface area (Å²) < 4.78 is 5.39. The molecule has 0 aromatic rings. The highest BCUT2D eigenvalue weighted by Crippen LogP contribution is 2.36. The Bertz CT molecular complexity index is 199. The quantitative estimate of drug-likeness (QED) is 0.647. The Labute approximate surface area is 120 Å². The van der Waals surface area contributed by atoms with Gasteiger partial charge < -0.3 is 10.2 Å². The molecule has 1 saturated heterocycles. The summed E-state index contributed by atoms with van der Waals surface area (Å²) in [5.41, 5.74) is 0. The number of hydrogen-bond donors (Lipinski definition) is 0. The first-order valence-electron chi connectivity index (χ1n) is 8.01. The average Bonchev–Trinajstić information content (AvgIpc) is 2.31. The molecule has 4 atom stereocenters. The summed E-state index contributed by atoms with van der Waals surface area (Å²) in [7, 11) is 0. The van der Waals surface area contributed by atoms with Crippen molar-refractivity contribution in [2.24, 2.45) is 29.6 Å². The fourth-order valence-electron chi connectivity index (χ4n) is 3.37. The van der Waals surface area contributed by atoms with Gasteiger partial charge in [0.1, 0.15) is 0 Å². The van der Waals surface area contributed by atoms with Crippen LogP contribution in [0.2, 0.25) is 0 Å². The molecule has 2 aliphatic rings. The maximum absolute atomic E-state index is 5.39. The number of ether oxygens (including phenoxy) is 1. The van der Waals surface area contributed by atoms with E-state index < -0.39 is 0 Å². The smallest absolute Gasteiger partial charge is 0.0547 e. The van der Waals surface area contributed by atoms with Crippen LogP contribution in [0.4, 0.5) is 0 Å². The Hall–Kier alpha value is -0.0800. The van der Waals surface area contributed by atoms with Gasteiger partial charge >= 0.3 is 0 Å². The van der Waals surface area contributed by atoms with E-state index in [9.17, 15) is 0 Å². The monoisotopic (exact) mass is 272 g/mol. The third kappa shape index (κ3) is 6.76. The first-order valence-corrected chi connectivity index (χ1v) is 8.01. The topological polar surface area (TPSA) is 40.7 Å². The molecule has 0 aromatic heterocycles. The van der Waals surface area contributed by atoms with Crippen LogP contribution in [0.15, 0.2) is 0 Å². The van der Waals surface area contributed by atoms with Crippen LogP contribution in [0.1, 0.15) is 67.2 Å². The van der Waals surface area contributed by atoms with Crippen LogP contribution >= 0.6 is 0 Å². The van der Waals surface area contributed by atoms with Crippen LogP contribution in [-0.4, -0.2) is 18.2 Å². The van der Waals surface area contributed by atoms with Crippen LogP contribution < -0.4 is 0 Å². The van der Waals surface area contributed by atoms with Gasteiger partial charge in [-0.25, -0.2) is 0 Å². The molecule has 0 spiro atoms. The van der Waals surface area contributed by atoms with Gasteiger partial charge in [0.05, 0.1) is 6.10 Å². The van der Waals surface area contributed by atoms with Gasteiger partial charge in [-0.1, -0.05) is 34.6 Å². The van der Waals surface area contributed by atoms with Crippen LogP contribution in [0.25, 0.3) is 0 Å². The molecule has 1 aliphatic carbocycles. The van der Waals surface area contributed by atoms with Crippen molar-refractivity contribution in [3.63, 3.8) is 0 Å². The van der Waals surface area contributed by atoms with E-state index in [0.717, 1.165) is 36.2 Å². The van der Waals surface area contributed by atoms with Gasteiger partial charge in [-0.2, -0.15) is 0 Å². The minimum Gasteiger partial charge on any atom is -0.412 e. The molecular formula is C17H36O2. The molecule has 1 saturated carbocycles. The number of hydrogen-bond acceptors (Lipinski definition) is 1. The lowest BCUT2D eigenvalue weighted by atomic mass is 9.71. The Kier molecular flexibility index (Phi) is 8.93. The minimum absolute atomic E-state index is 0. The van der Waals surface area contributed by atoms with Crippen molar-refractivity contribution in [2.75, 3.05) is 6.61 Å². The highest BCUT2D eigenvalue weighted by atomic mass is 16.5. The zero-order chi connectivity index (χ0) is 13.7. The van der Waals surface area contributed by atoms with Crippen LogP contribution in [0.3, 0.4) is 0 Å². The molecule has 116 valence electrons. The van der Waals surface area contributed by atoms with Gasteiger partial charge in [0.25, 0.3) is 0 Å². The van der Waals surface area contributed by atoms with E-state index in [2.05, 4.69) is 41.5 Å². The largest absolute Gasteiger partial charge is 0.412 e. The highest BCUT2D eigenvalue weighted by molar-refractivity contribution is 4.77. The zero-order valence-electron chi connectivity index (χ0n) is 13.9. The van der Waals surface area contributed by atoms with Gasteiger partial charge in [0, 0.05) is 6.61 Å². The summed E-state index contributed by atoms with van der Waals surface area (Å²) in [6.07, 6.45) is 6.02. The predicted molar refractivity (Wildman–Crippen MR) is 83.3 cm³/mol. The van der Waals surface area contributed by atoms with Crippen molar-refractivity contribution in [2.45, 2.75) is 73.3 Å². The average molecular weight is 272 g/mol. The molecule has 1 aliphatic heterocycles. The summed E-state index contributed by atoms with van der Waals surface area (Å²) in [6, 6.07) is 0. The van der Waals surface area contributed by atoms with E-state index >= 15 is 0 Å². The Morgan fingerprint density at radius 1 is 0.737 bits per heavy atom. The fourth-order valence-corrected chi connectivity index (χ4v) is 3.37. The van der Waals surface area contributed by atoms with Gasteiger partial charge in [0.2, 0.25) is 0 Å². The lowest BCUT2D eigenvalue weighted by Crippen LogP contribution is -2.26. The number of rotatable bonds is 0. The fraction of sp³-hybridized carbons (Fsp3) is 1.00. The second-order valence-electron chi connectivity index (χ2n) is 7.22. The van der Waals surface area contributed by atoms with Crippen molar-refractivity contribution in [3.8, 4) is 0 Å². The van der Waals surface area contributed by atoms with E-state index in [0.29, 0.717) is 6.10 Å². The molecule has 1 heterocycles. The summed E-state index contributed by atoms with van der Waals surface area (Å²) in [6.45, 7) is 15.0. The van der Waals surface area contributed by atoms with E-state index in [1.165, 1.54) is 25.7 Å². The minimum atomic E-state index is 0. The molecule has 2 nitrogen and oxygen atoms in total. The van der Waals surface area contributed by atoms with Crippen LogP contribution in [0.5, 0.6) is 0 Å². The third-order valence-corrected chi connectivity index (χ3v) is 5.07. The highest BCUT2D eigenvalue weighted by Gasteiger charge is 2.27. The van der Waals surface area contributed by atoms with Gasteiger partial charge in [-0.05, 0) is 62.2 Å². The van der Waals surface area contributed by atoms with Crippen LogP contribution in [0, 0.1) is 29.6 Å². The molecule has 4 unspecified atom stereocenters. The van der Waals surface area contributed by atoms with Crippen molar-refractivity contribution >= 4 is 0 Å². The van der Waals surface area contributed by atoms with Gasteiger partial charge in [-0.15, -0.1) is 0 Å². The standard InChI is InChI=1S/C10H20.C7H14O.H2O/c1-7-5-8(2)10(4)9(3)6-7;1-6-3-4-7(2)8-5-6;/h7-10H,5-6H2,1-4H3;6-7H,3-5H2,1-2H3;1H2. The summed E-state index contributed by atoms with van der Waals surface area (Å²) >= 11 is 0. The second kappa shape index (κ2) is 8.97. The molecule has 19 heavy (non-hydrogen) atoms. The molecule has 0 bridgehead atoms. The van der Waals surface area contributed by atoms with Crippen molar-refractivity contribution in [1.29, 1.82) is 0 Å². The van der Waals surface area contributed by atoms with Crippen LogP contribution in [-0.2, 0) is 4.74 Å². The second-order valence-corrected chi connectivity index (χ2v) is 7.22. The summed E-state index contributed by atoms with van der Waals surface area (Å²) in [4.78, 5) is 0. The molecule has 0 aromatic carbocycles. The Morgan fingerprint density at radius 2 is 1.26 bits per heavy atom. The SMILES string of the molecule is CC1CC(C)C(C)C(C)C1.CC1CCC(C)OC1.O. The Balaban J connectivity index is 0.000000331. The first kappa shape index (κ1) is 18.9. The van der Waals surface area contributed by atoms with E-state index in [4.69, 9.17) is 4.74 Å². The third-order valence-electron chi connectivity index (χ3n) is 5.07. The molecule has 0 amide bonds. The Morgan fingerprint density at radius 3 is 1.63 bits per heavy atom. The normalized spacial score (nSPS) is 42.6. The van der Waals surface area contributed by atoms with Crippen molar-refractivity contribution in [1.82, 2.24) is 0 Å². The van der Waals surface area contributed by atoms with Gasteiger partial charge in [-0.3, -0.25) is 0 Å². The molecule has 2 fully saturated rings. The lowest BCUT2D eigenvalue weighted by molar-refractivity contribution is 0.000267. The molecular weight excluding hydrogens is 236 g/mol. The molecule has 2 heteroatoms.